The number of ether oxygens (including phenoxy) is 1. The van der Waals surface area contributed by atoms with E-state index in [1.54, 1.807) is 0 Å². The van der Waals surface area contributed by atoms with Gasteiger partial charge in [-0.3, -0.25) is 4.79 Å². The van der Waals surface area contributed by atoms with Crippen LogP contribution in [0.25, 0.3) is 0 Å². The summed E-state index contributed by atoms with van der Waals surface area (Å²) in [4.78, 5) is 11.5. The lowest BCUT2D eigenvalue weighted by Gasteiger charge is -2.37. The number of methoxy groups -OCH3 is 1. The van der Waals surface area contributed by atoms with Crippen molar-refractivity contribution in [3.63, 3.8) is 0 Å². The number of rotatable bonds is 6. The molecule has 100 valence electrons. The van der Waals surface area contributed by atoms with E-state index in [-0.39, 0.29) is 6.61 Å². The summed E-state index contributed by atoms with van der Waals surface area (Å²) in [6.07, 6.45) is 4.05. The Labute approximate surface area is 103 Å². The van der Waals surface area contributed by atoms with Crippen LogP contribution in [0.2, 0.25) is 0 Å². The Morgan fingerprint density at radius 1 is 1.47 bits per heavy atom. The molecule has 0 aromatic rings. The van der Waals surface area contributed by atoms with Gasteiger partial charge in [-0.1, -0.05) is 13.3 Å². The van der Waals surface area contributed by atoms with Gasteiger partial charge in [0, 0.05) is 7.11 Å². The molecular formula is C13H24O4. The first-order valence-corrected chi connectivity index (χ1v) is 6.44. The van der Waals surface area contributed by atoms with Crippen molar-refractivity contribution in [2.45, 2.75) is 51.6 Å². The third-order valence-electron chi connectivity index (χ3n) is 4.08. The van der Waals surface area contributed by atoms with Crippen molar-refractivity contribution in [1.82, 2.24) is 0 Å². The van der Waals surface area contributed by atoms with Crippen molar-refractivity contribution in [3.8, 4) is 0 Å². The summed E-state index contributed by atoms with van der Waals surface area (Å²) in [6.45, 7) is 2.37. The average Bonchev–Trinajstić information content (AvgIpc) is 2.30. The van der Waals surface area contributed by atoms with E-state index in [0.717, 1.165) is 19.3 Å². The molecule has 0 bridgehead atoms. The SMILES string of the molecule is CCC1CCC(CC(O)COC)(C(=O)O)CC1. The summed E-state index contributed by atoms with van der Waals surface area (Å²) in [5.41, 5.74) is -0.733. The van der Waals surface area contributed by atoms with Crippen LogP contribution in [0.15, 0.2) is 0 Å². The van der Waals surface area contributed by atoms with Crippen LogP contribution >= 0.6 is 0 Å². The molecule has 1 aliphatic carbocycles. The maximum atomic E-state index is 11.5. The monoisotopic (exact) mass is 244 g/mol. The van der Waals surface area contributed by atoms with Crippen LogP contribution in [-0.2, 0) is 9.53 Å². The number of aliphatic hydroxyl groups excluding tert-OH is 1. The fraction of sp³-hybridized carbons (Fsp3) is 0.923. The summed E-state index contributed by atoms with van der Waals surface area (Å²) < 4.78 is 4.87. The van der Waals surface area contributed by atoms with Crippen molar-refractivity contribution in [2.75, 3.05) is 13.7 Å². The first-order valence-electron chi connectivity index (χ1n) is 6.44. The first kappa shape index (κ1) is 14.5. The maximum Gasteiger partial charge on any atom is 0.309 e. The summed E-state index contributed by atoms with van der Waals surface area (Å²) in [6, 6.07) is 0. The molecular weight excluding hydrogens is 220 g/mol. The lowest BCUT2D eigenvalue weighted by molar-refractivity contribution is -0.154. The fourth-order valence-corrected chi connectivity index (χ4v) is 2.85. The first-order chi connectivity index (χ1) is 8.04. The topological polar surface area (TPSA) is 66.8 Å². The molecule has 0 aliphatic heterocycles. The number of hydrogen-bond acceptors (Lipinski definition) is 3. The molecule has 1 aliphatic rings. The van der Waals surface area contributed by atoms with E-state index in [4.69, 9.17) is 4.74 Å². The van der Waals surface area contributed by atoms with Gasteiger partial charge in [-0.15, -0.1) is 0 Å². The normalized spacial score (nSPS) is 31.1. The number of carboxylic acids is 1. The Morgan fingerprint density at radius 3 is 2.47 bits per heavy atom. The average molecular weight is 244 g/mol. The van der Waals surface area contributed by atoms with Gasteiger partial charge in [0.05, 0.1) is 18.1 Å². The largest absolute Gasteiger partial charge is 0.481 e. The van der Waals surface area contributed by atoms with E-state index < -0.39 is 17.5 Å². The highest BCUT2D eigenvalue weighted by molar-refractivity contribution is 5.74. The third-order valence-corrected chi connectivity index (χ3v) is 4.08. The summed E-state index contributed by atoms with van der Waals surface area (Å²) in [7, 11) is 1.52. The van der Waals surface area contributed by atoms with Crippen molar-refractivity contribution in [2.24, 2.45) is 11.3 Å². The van der Waals surface area contributed by atoms with Gasteiger partial charge in [-0.05, 0) is 38.0 Å². The number of hydrogen-bond donors (Lipinski definition) is 2. The molecule has 0 amide bonds. The molecule has 2 N–H and O–H groups in total. The Kier molecular flexibility index (Phi) is 5.40. The molecule has 0 spiro atoms. The van der Waals surface area contributed by atoms with E-state index in [0.29, 0.717) is 25.2 Å². The molecule has 1 atom stereocenters. The molecule has 1 fully saturated rings. The van der Waals surface area contributed by atoms with Crippen LogP contribution in [-0.4, -0.2) is 36.0 Å². The van der Waals surface area contributed by atoms with E-state index in [2.05, 4.69) is 6.92 Å². The van der Waals surface area contributed by atoms with Crippen LogP contribution in [0.3, 0.4) is 0 Å². The van der Waals surface area contributed by atoms with E-state index in [1.807, 2.05) is 0 Å². The highest BCUT2D eigenvalue weighted by Gasteiger charge is 2.42. The van der Waals surface area contributed by atoms with Gasteiger partial charge < -0.3 is 14.9 Å². The van der Waals surface area contributed by atoms with Gasteiger partial charge in [0.25, 0.3) is 0 Å². The molecule has 4 nitrogen and oxygen atoms in total. The summed E-state index contributed by atoms with van der Waals surface area (Å²) in [5.74, 6) is -0.107. The van der Waals surface area contributed by atoms with Gasteiger partial charge in [-0.25, -0.2) is 0 Å². The minimum Gasteiger partial charge on any atom is -0.481 e. The Hall–Kier alpha value is -0.610. The van der Waals surface area contributed by atoms with Gasteiger partial charge in [0.15, 0.2) is 0 Å². The number of aliphatic hydroxyl groups is 1. The number of carbonyl (C=O) groups is 1. The molecule has 0 radical (unpaired) electrons. The molecule has 0 heterocycles. The predicted octanol–water partition coefficient (Wildman–Crippen LogP) is 2.06. The molecule has 0 aromatic heterocycles. The molecule has 1 unspecified atom stereocenters. The van der Waals surface area contributed by atoms with Gasteiger partial charge in [-0.2, -0.15) is 0 Å². The van der Waals surface area contributed by atoms with E-state index >= 15 is 0 Å². The Bertz CT molecular complexity index is 244. The van der Waals surface area contributed by atoms with Crippen LogP contribution in [0.5, 0.6) is 0 Å². The number of aliphatic carboxylic acids is 1. The second-order valence-electron chi connectivity index (χ2n) is 5.25. The molecule has 1 saturated carbocycles. The highest BCUT2D eigenvalue weighted by atomic mass is 16.5. The molecule has 4 heteroatoms. The van der Waals surface area contributed by atoms with Crippen LogP contribution in [0, 0.1) is 11.3 Å². The predicted molar refractivity (Wildman–Crippen MR) is 64.8 cm³/mol. The van der Waals surface area contributed by atoms with Gasteiger partial charge in [0.2, 0.25) is 0 Å². The van der Waals surface area contributed by atoms with Crippen molar-refractivity contribution in [3.05, 3.63) is 0 Å². The lowest BCUT2D eigenvalue weighted by atomic mass is 9.67. The van der Waals surface area contributed by atoms with E-state index in [9.17, 15) is 15.0 Å². The maximum absolute atomic E-state index is 11.5. The summed E-state index contributed by atoms with van der Waals surface area (Å²) >= 11 is 0. The molecule has 0 aromatic carbocycles. The standard InChI is InChI=1S/C13H24O4/c1-3-10-4-6-13(7-5-10,12(15)16)8-11(14)9-17-2/h10-11,14H,3-9H2,1-2H3,(H,15,16). The smallest absolute Gasteiger partial charge is 0.309 e. The van der Waals surface area contributed by atoms with Gasteiger partial charge >= 0.3 is 5.97 Å². The molecule has 1 rings (SSSR count). The van der Waals surface area contributed by atoms with Crippen LogP contribution in [0.1, 0.15) is 45.4 Å². The minimum atomic E-state index is -0.762. The zero-order valence-corrected chi connectivity index (χ0v) is 10.8. The van der Waals surface area contributed by atoms with Crippen LogP contribution in [0.4, 0.5) is 0 Å². The van der Waals surface area contributed by atoms with E-state index in [1.165, 1.54) is 7.11 Å². The quantitative estimate of drug-likeness (QED) is 0.750. The zero-order valence-electron chi connectivity index (χ0n) is 10.8. The third kappa shape index (κ3) is 3.68. The Balaban J connectivity index is 2.62. The zero-order chi connectivity index (χ0) is 12.9. The Morgan fingerprint density at radius 2 is 2.06 bits per heavy atom. The number of carboxylic acid groups (broad SMARTS) is 1. The van der Waals surface area contributed by atoms with Crippen molar-refractivity contribution >= 4 is 5.97 Å². The molecule has 0 saturated heterocycles. The fourth-order valence-electron chi connectivity index (χ4n) is 2.85. The second-order valence-corrected chi connectivity index (χ2v) is 5.25. The van der Waals surface area contributed by atoms with Crippen molar-refractivity contribution < 1.29 is 19.7 Å². The second kappa shape index (κ2) is 6.36. The summed E-state index contributed by atoms with van der Waals surface area (Å²) in [5, 5.41) is 19.2. The van der Waals surface area contributed by atoms with Crippen LogP contribution < -0.4 is 0 Å². The van der Waals surface area contributed by atoms with Gasteiger partial charge in [0.1, 0.15) is 0 Å². The van der Waals surface area contributed by atoms with Crippen molar-refractivity contribution in [1.29, 1.82) is 0 Å². The minimum absolute atomic E-state index is 0.215. The lowest BCUT2D eigenvalue weighted by Crippen LogP contribution is -2.39. The molecule has 17 heavy (non-hydrogen) atoms. The highest BCUT2D eigenvalue weighted by Crippen LogP contribution is 2.43.